The molecule has 4 aliphatic heterocycles. The topological polar surface area (TPSA) is 369 Å². The molecule has 0 spiro atoms. The zero-order valence-corrected chi connectivity index (χ0v) is 70.6. The largest absolute Gasteiger partial charge is 0.342 e. The third kappa shape index (κ3) is 20.9. The fraction of sp³-hybridized carbons (Fsp3) is 0.317. The highest BCUT2D eigenvalue weighted by molar-refractivity contribution is 7.18. The van der Waals surface area contributed by atoms with Crippen LogP contribution in [0.15, 0.2) is 147 Å². The highest BCUT2D eigenvalue weighted by Crippen LogP contribution is 2.33. The Kier molecular flexibility index (Phi) is 26.1. The van der Waals surface area contributed by atoms with Crippen LogP contribution in [-0.4, -0.2) is 178 Å². The van der Waals surface area contributed by atoms with Crippen molar-refractivity contribution in [2.24, 2.45) is 11.8 Å². The second-order valence-corrected chi connectivity index (χ2v) is 33.6. The number of thiazole rings is 4. The first-order chi connectivity index (χ1) is 56.6. The van der Waals surface area contributed by atoms with Crippen LogP contribution in [-0.2, 0) is 32.3 Å². The number of nitrogens with one attached hydrogen (secondary N) is 8. The summed E-state index contributed by atoms with van der Waals surface area (Å²) in [6.07, 6.45) is 17.3. The van der Waals surface area contributed by atoms with Gasteiger partial charge in [0, 0.05) is 165 Å². The summed E-state index contributed by atoms with van der Waals surface area (Å²) >= 11 is 5.13. The molecule has 32 nitrogen and oxygen atoms in total. The second kappa shape index (κ2) is 37.0. The predicted octanol–water partition coefficient (Wildman–Crippen LogP) is 13.6. The van der Waals surface area contributed by atoms with Gasteiger partial charge in [-0.15, -0.1) is 0 Å². The van der Waals surface area contributed by atoms with Crippen molar-refractivity contribution in [1.29, 1.82) is 0 Å². The molecular weight excluding hydrogens is 1580 g/mol. The summed E-state index contributed by atoms with van der Waals surface area (Å²) in [5.74, 6) is 1.89. The maximum absolute atomic E-state index is 12.6. The molecule has 16 rings (SSSR count). The highest BCUT2D eigenvalue weighted by Gasteiger charge is 2.34. The van der Waals surface area contributed by atoms with Crippen LogP contribution in [0.1, 0.15) is 123 Å². The standard InChI is InChI=1S/2C21H24N6O2S.2C20H22N6O2S/c1-13-5-4-6-14(2)19(13)25-20(29)18-8-22-21(30-18)24-17-7-23-27(12-17)11-16-9-26(10-16)15(3)28;1-13-5-4-6-14(2)19(13)24-20(29)17-9-22-21(30-17)23-18-7-8-27(25-18)12-16-10-26(11-16)15(3)28;1-12-5-4-6-13(2)18(12)24-19(28)17-8-21-20(29-17)23-15-7-22-26(9-15)16-10-25(11-16)14(3)27;1-12-5-4-6-13(2)18(12)23-19(28)16-9-21-20(29-16)22-17-7-8-26(24-17)15-10-25(11-15)14(3)27/h4-8,12,16H,9-11H2,1-3H3,(H,22,24)(H,25,29);4-9,16H,10-12H2,1-3H3,(H,24,29)(H,22,23,25);4-9,16H,10-11H2,1-3H3,(H,21,23)(H,24,28);4-9,15H,10-11H2,1-3H3,(H,23,28)(H,21,22,24). The van der Waals surface area contributed by atoms with E-state index in [0.717, 1.165) is 118 Å². The van der Waals surface area contributed by atoms with Crippen LogP contribution in [0.4, 0.5) is 66.3 Å². The third-order valence-electron chi connectivity index (χ3n) is 20.3. The Morgan fingerprint density at radius 1 is 0.347 bits per heavy atom. The zero-order chi connectivity index (χ0) is 83.6. The summed E-state index contributed by atoms with van der Waals surface area (Å²) in [6.45, 7) is 29.5. The van der Waals surface area contributed by atoms with Crippen LogP contribution < -0.4 is 42.5 Å². The molecule has 8 N–H and O–H groups in total. The zero-order valence-electron chi connectivity index (χ0n) is 67.3. The number of carbonyl (C=O) groups is 8. The highest BCUT2D eigenvalue weighted by atomic mass is 32.1. The molecule has 0 unspecified atom stereocenters. The maximum atomic E-state index is 12.6. The van der Waals surface area contributed by atoms with Gasteiger partial charge in [-0.1, -0.05) is 118 Å². The van der Waals surface area contributed by atoms with Crippen LogP contribution in [0.3, 0.4) is 0 Å². The van der Waals surface area contributed by atoms with Gasteiger partial charge in [-0.2, -0.15) is 20.4 Å². The SMILES string of the molecule is CC(=O)N1CC(Cn2cc(Nc3ncc(C(=O)Nc4c(C)cccc4C)s3)cn2)C1.CC(=O)N1CC(Cn2ccc(Nc3ncc(C(=O)Nc4c(C)cccc4C)s3)n2)C1.CC(=O)N1CC(n2cc(Nc3ncc(C(=O)Nc4c(C)cccc4C)s3)cn2)C1.CC(=O)N1CC(n2ccc(Nc3ncc(C(=O)Nc4c(C)cccc4C)s3)n2)C1. The molecule has 0 atom stereocenters. The lowest BCUT2D eigenvalue weighted by molar-refractivity contribution is -0.136. The summed E-state index contributed by atoms with van der Waals surface area (Å²) < 4.78 is 7.44. The number of nitrogens with zero attached hydrogens (tertiary/aromatic N) is 16. The Morgan fingerprint density at radius 2 is 0.653 bits per heavy atom. The van der Waals surface area contributed by atoms with Crippen molar-refractivity contribution < 1.29 is 38.4 Å². The lowest BCUT2D eigenvalue weighted by atomic mass is 10.0. The van der Waals surface area contributed by atoms with Crippen molar-refractivity contribution in [1.82, 2.24) is 78.7 Å². The molecule has 118 heavy (non-hydrogen) atoms. The lowest BCUT2D eigenvalue weighted by Crippen LogP contribution is -2.50. The minimum atomic E-state index is -0.183. The number of hydrogen-bond donors (Lipinski definition) is 8. The van der Waals surface area contributed by atoms with E-state index in [-0.39, 0.29) is 59.3 Å². The van der Waals surface area contributed by atoms with E-state index in [1.165, 1.54) is 45.3 Å². The van der Waals surface area contributed by atoms with Gasteiger partial charge in [0.25, 0.3) is 23.6 Å². The number of hydrogen-bond acceptors (Lipinski definition) is 24. The van der Waals surface area contributed by atoms with Gasteiger partial charge < -0.3 is 62.1 Å². The summed E-state index contributed by atoms with van der Waals surface area (Å²) in [7, 11) is 0. The molecule has 4 aromatic carbocycles. The number of para-hydroxylation sites is 4. The number of amides is 8. The number of likely N-dealkylation sites (tertiary alicyclic amines) is 4. The minimum absolute atomic E-state index is 0.0845. The Balaban J connectivity index is 0.000000136. The average Bonchev–Trinajstić information content (AvgIpc) is 1.60. The molecule has 4 fully saturated rings. The quantitative estimate of drug-likeness (QED) is 0.0312. The Labute approximate surface area is 697 Å². The van der Waals surface area contributed by atoms with Gasteiger partial charge in [-0.05, 0) is 99.9 Å². The van der Waals surface area contributed by atoms with Crippen molar-refractivity contribution in [2.75, 3.05) is 94.9 Å². The Hall–Kier alpha value is -12.8. The first kappa shape index (κ1) is 83.2. The van der Waals surface area contributed by atoms with E-state index >= 15 is 0 Å². The maximum Gasteiger partial charge on any atom is 0.267 e. The first-order valence-electron chi connectivity index (χ1n) is 38.2. The number of aryl methyl sites for hydroxylation is 8. The molecule has 8 aromatic heterocycles. The number of aromatic nitrogens is 12. The summed E-state index contributed by atoms with van der Waals surface area (Å²) in [5.41, 5.74) is 13.1. The van der Waals surface area contributed by atoms with Crippen LogP contribution >= 0.6 is 45.3 Å². The second-order valence-electron chi connectivity index (χ2n) is 29.5. The minimum Gasteiger partial charge on any atom is -0.342 e. The van der Waals surface area contributed by atoms with Gasteiger partial charge >= 0.3 is 0 Å². The Morgan fingerprint density at radius 3 is 1.02 bits per heavy atom. The fourth-order valence-corrected chi connectivity index (χ4v) is 16.3. The van der Waals surface area contributed by atoms with Crippen molar-refractivity contribution in [3.63, 3.8) is 0 Å². The van der Waals surface area contributed by atoms with Crippen LogP contribution in [0.25, 0.3) is 0 Å². The smallest absolute Gasteiger partial charge is 0.267 e. The van der Waals surface area contributed by atoms with E-state index in [0.29, 0.717) is 89.7 Å². The fourth-order valence-electron chi connectivity index (χ4n) is 13.4. The van der Waals surface area contributed by atoms with Gasteiger partial charge in [-0.3, -0.25) is 57.1 Å². The molecule has 0 bridgehead atoms. The molecule has 0 radical (unpaired) electrons. The van der Waals surface area contributed by atoms with Crippen molar-refractivity contribution in [2.45, 2.75) is 108 Å². The summed E-state index contributed by atoms with van der Waals surface area (Å²) in [5, 5.41) is 44.8. The monoisotopic (exact) mass is 1670 g/mol. The van der Waals surface area contributed by atoms with Gasteiger partial charge in [0.2, 0.25) is 23.6 Å². The molecule has 12 heterocycles. The number of rotatable bonds is 22. The van der Waals surface area contributed by atoms with Crippen molar-refractivity contribution in [3.05, 3.63) is 211 Å². The van der Waals surface area contributed by atoms with E-state index in [1.807, 2.05) is 194 Å². The molecular formula is C82H92N24O8S4. The van der Waals surface area contributed by atoms with E-state index in [9.17, 15) is 38.4 Å². The molecule has 4 aliphatic rings. The number of anilines is 12. The van der Waals surface area contributed by atoms with E-state index in [4.69, 9.17) is 0 Å². The molecule has 12 aromatic rings. The van der Waals surface area contributed by atoms with Gasteiger partial charge in [-0.25, -0.2) is 19.9 Å². The third-order valence-corrected chi connectivity index (χ3v) is 24.0. The number of carbonyl (C=O) groups excluding carboxylic acids is 8. The molecule has 0 saturated carbocycles. The van der Waals surface area contributed by atoms with Gasteiger partial charge in [0.15, 0.2) is 32.2 Å². The molecule has 8 amide bonds. The lowest BCUT2D eigenvalue weighted by Gasteiger charge is -2.38. The van der Waals surface area contributed by atoms with E-state index in [1.54, 1.807) is 74.7 Å². The van der Waals surface area contributed by atoms with E-state index < -0.39 is 0 Å². The molecule has 612 valence electrons. The van der Waals surface area contributed by atoms with Crippen molar-refractivity contribution >= 4 is 159 Å². The Bertz CT molecular complexity index is 5240. The van der Waals surface area contributed by atoms with Gasteiger partial charge in [0.1, 0.15) is 19.5 Å². The van der Waals surface area contributed by atoms with Crippen LogP contribution in [0.2, 0.25) is 0 Å². The predicted molar refractivity (Wildman–Crippen MR) is 460 cm³/mol. The van der Waals surface area contributed by atoms with Gasteiger partial charge in [0.05, 0.1) is 60.6 Å². The van der Waals surface area contributed by atoms with E-state index in [2.05, 4.69) is 82.9 Å². The molecule has 0 aliphatic carbocycles. The first-order valence-corrected chi connectivity index (χ1v) is 41.4. The molecule has 36 heteroatoms. The van der Waals surface area contributed by atoms with Crippen LogP contribution in [0.5, 0.6) is 0 Å². The van der Waals surface area contributed by atoms with Crippen LogP contribution in [0, 0.1) is 67.2 Å². The van der Waals surface area contributed by atoms with Crippen molar-refractivity contribution in [3.8, 4) is 0 Å². The number of benzene rings is 4. The average molecular weight is 1670 g/mol. The summed E-state index contributed by atoms with van der Waals surface area (Å²) in [4.78, 5) is 122. The summed E-state index contributed by atoms with van der Waals surface area (Å²) in [6, 6.07) is 27.8. The molecule has 4 saturated heterocycles. The normalized spacial score (nSPS) is 13.8.